The summed E-state index contributed by atoms with van der Waals surface area (Å²) in [6.45, 7) is 12.3. The molecule has 1 rings (SSSR count). The van der Waals surface area contributed by atoms with Crippen molar-refractivity contribution in [1.82, 2.24) is 4.90 Å². The highest BCUT2D eigenvalue weighted by molar-refractivity contribution is 5.83. The quantitative estimate of drug-likeness (QED) is 0.866. The highest BCUT2D eigenvalue weighted by atomic mass is 16.4. The number of rotatable bonds is 3. The van der Waals surface area contributed by atoms with Crippen LogP contribution >= 0.6 is 0 Å². The zero-order valence-electron chi connectivity index (χ0n) is 14.4. The number of aliphatic carboxylic acids is 1. The van der Waals surface area contributed by atoms with Crippen molar-refractivity contribution in [3.05, 3.63) is 0 Å². The fraction of sp³-hybridized carbons (Fsp3) is 0.882. The third-order valence-electron chi connectivity index (χ3n) is 4.67. The van der Waals surface area contributed by atoms with Crippen LogP contribution in [0.15, 0.2) is 0 Å². The van der Waals surface area contributed by atoms with E-state index < -0.39 is 11.5 Å². The van der Waals surface area contributed by atoms with E-state index in [4.69, 9.17) is 5.11 Å². The molecule has 0 bridgehead atoms. The van der Waals surface area contributed by atoms with Crippen LogP contribution in [0.3, 0.4) is 0 Å². The Morgan fingerprint density at radius 3 is 1.81 bits per heavy atom. The van der Waals surface area contributed by atoms with E-state index in [1.54, 1.807) is 0 Å². The number of hydrogen-bond donors (Lipinski definition) is 1. The molecule has 0 heterocycles. The summed E-state index contributed by atoms with van der Waals surface area (Å²) >= 11 is 0. The maximum Gasteiger partial charge on any atom is 0.323 e. The van der Waals surface area contributed by atoms with Crippen molar-refractivity contribution >= 4 is 11.9 Å². The van der Waals surface area contributed by atoms with E-state index in [1.165, 1.54) is 4.90 Å². The molecular formula is C17H31NO3. The van der Waals surface area contributed by atoms with Crippen LogP contribution in [0.1, 0.15) is 67.2 Å². The minimum absolute atomic E-state index is 0.0114. The van der Waals surface area contributed by atoms with Gasteiger partial charge in [-0.1, -0.05) is 20.8 Å². The van der Waals surface area contributed by atoms with Gasteiger partial charge in [-0.2, -0.15) is 0 Å². The Morgan fingerprint density at radius 2 is 1.48 bits per heavy atom. The normalized spacial score (nSPS) is 23.7. The molecule has 1 N–H and O–H groups in total. The first-order valence-corrected chi connectivity index (χ1v) is 7.96. The summed E-state index contributed by atoms with van der Waals surface area (Å²) in [5, 5.41) is 9.05. The standard InChI is InChI=1S/C17H31NO3/c1-16(2,3)13-9-7-12(8-10-13)15(21)18(11-14(19)20)17(4,5)6/h12-13H,7-11H2,1-6H3,(H,19,20). The molecule has 1 aliphatic rings. The van der Waals surface area contributed by atoms with Crippen molar-refractivity contribution in [2.24, 2.45) is 17.3 Å². The SMILES string of the molecule is CC(C)(C)C1CCC(C(=O)N(CC(=O)O)C(C)(C)C)CC1. The predicted molar refractivity (Wildman–Crippen MR) is 84.0 cm³/mol. The second-order valence-electron chi connectivity index (χ2n) is 8.40. The smallest absolute Gasteiger partial charge is 0.323 e. The van der Waals surface area contributed by atoms with Crippen LogP contribution in [0, 0.1) is 17.3 Å². The second kappa shape index (κ2) is 6.37. The van der Waals surface area contributed by atoms with E-state index >= 15 is 0 Å². The van der Waals surface area contributed by atoms with Crippen molar-refractivity contribution in [2.75, 3.05) is 6.54 Å². The third-order valence-corrected chi connectivity index (χ3v) is 4.67. The Kier molecular flexibility index (Phi) is 5.46. The van der Waals surface area contributed by atoms with Gasteiger partial charge in [-0.05, 0) is 57.8 Å². The summed E-state index contributed by atoms with van der Waals surface area (Å²) in [6, 6.07) is 0. The average Bonchev–Trinajstić information content (AvgIpc) is 2.33. The Balaban J connectivity index is 2.72. The Morgan fingerprint density at radius 1 is 1.00 bits per heavy atom. The van der Waals surface area contributed by atoms with Crippen LogP contribution in [0.5, 0.6) is 0 Å². The van der Waals surface area contributed by atoms with Gasteiger partial charge in [-0.3, -0.25) is 9.59 Å². The first-order chi connectivity index (χ1) is 9.43. The number of carbonyl (C=O) groups excluding carboxylic acids is 1. The molecule has 21 heavy (non-hydrogen) atoms. The van der Waals surface area contributed by atoms with Gasteiger partial charge >= 0.3 is 5.97 Å². The van der Waals surface area contributed by atoms with Crippen molar-refractivity contribution < 1.29 is 14.7 Å². The van der Waals surface area contributed by atoms with Crippen LogP contribution in [0.2, 0.25) is 0 Å². The fourth-order valence-corrected chi connectivity index (χ4v) is 3.21. The molecule has 1 fully saturated rings. The number of carboxylic acids is 1. The molecule has 0 aromatic carbocycles. The maximum atomic E-state index is 12.7. The number of carbonyl (C=O) groups is 2. The lowest BCUT2D eigenvalue weighted by Gasteiger charge is -2.41. The van der Waals surface area contributed by atoms with E-state index in [0.717, 1.165) is 25.7 Å². The molecule has 0 aromatic rings. The van der Waals surface area contributed by atoms with Crippen LogP contribution in [-0.2, 0) is 9.59 Å². The van der Waals surface area contributed by atoms with E-state index in [9.17, 15) is 9.59 Å². The average molecular weight is 297 g/mol. The van der Waals surface area contributed by atoms with Gasteiger partial charge in [0.05, 0.1) is 0 Å². The number of hydrogen-bond acceptors (Lipinski definition) is 2. The van der Waals surface area contributed by atoms with Gasteiger partial charge in [0.15, 0.2) is 0 Å². The molecule has 1 saturated carbocycles. The van der Waals surface area contributed by atoms with E-state index in [-0.39, 0.29) is 18.4 Å². The lowest BCUT2D eigenvalue weighted by atomic mass is 9.69. The molecule has 0 aliphatic heterocycles. The number of nitrogens with zero attached hydrogens (tertiary/aromatic N) is 1. The van der Waals surface area contributed by atoms with Gasteiger partial charge in [-0.25, -0.2) is 0 Å². The van der Waals surface area contributed by atoms with Gasteiger partial charge in [0.25, 0.3) is 0 Å². The molecular weight excluding hydrogens is 266 g/mol. The van der Waals surface area contributed by atoms with Crippen LogP contribution in [0.4, 0.5) is 0 Å². The second-order valence-corrected chi connectivity index (χ2v) is 8.40. The summed E-state index contributed by atoms with van der Waals surface area (Å²) in [5.74, 6) is -0.287. The largest absolute Gasteiger partial charge is 0.480 e. The number of amides is 1. The Hall–Kier alpha value is -1.06. The van der Waals surface area contributed by atoms with Gasteiger partial charge < -0.3 is 10.0 Å². The molecule has 0 aromatic heterocycles. The topological polar surface area (TPSA) is 57.6 Å². The summed E-state index contributed by atoms with van der Waals surface area (Å²) < 4.78 is 0. The van der Waals surface area contributed by atoms with Gasteiger partial charge in [-0.15, -0.1) is 0 Å². The summed E-state index contributed by atoms with van der Waals surface area (Å²) in [5.41, 5.74) is -0.158. The Labute approximate surface area is 128 Å². The van der Waals surface area contributed by atoms with Gasteiger partial charge in [0.2, 0.25) is 5.91 Å². The summed E-state index contributed by atoms with van der Waals surface area (Å²) in [6.07, 6.45) is 3.88. The zero-order valence-corrected chi connectivity index (χ0v) is 14.4. The predicted octanol–water partition coefficient (Wildman–Crippen LogP) is 3.55. The molecule has 4 nitrogen and oxygen atoms in total. The Bertz CT molecular complexity index is 382. The third kappa shape index (κ3) is 5.01. The molecule has 0 atom stereocenters. The van der Waals surface area contributed by atoms with Crippen LogP contribution in [-0.4, -0.2) is 34.0 Å². The monoisotopic (exact) mass is 297 g/mol. The van der Waals surface area contributed by atoms with Crippen molar-refractivity contribution in [1.29, 1.82) is 0 Å². The summed E-state index contributed by atoms with van der Waals surface area (Å²) in [4.78, 5) is 25.3. The molecule has 0 radical (unpaired) electrons. The number of carboxylic acid groups (broad SMARTS) is 1. The van der Waals surface area contributed by atoms with E-state index in [2.05, 4.69) is 20.8 Å². The molecule has 0 spiro atoms. The van der Waals surface area contributed by atoms with Crippen LogP contribution in [0.25, 0.3) is 0 Å². The molecule has 1 aliphatic carbocycles. The van der Waals surface area contributed by atoms with Crippen LogP contribution < -0.4 is 0 Å². The highest BCUT2D eigenvalue weighted by Gasteiger charge is 2.37. The first-order valence-electron chi connectivity index (χ1n) is 7.96. The molecule has 4 heteroatoms. The molecule has 1 amide bonds. The minimum atomic E-state index is -0.943. The van der Waals surface area contributed by atoms with Crippen molar-refractivity contribution in [2.45, 2.75) is 72.8 Å². The molecule has 0 unspecified atom stereocenters. The summed E-state index contributed by atoms with van der Waals surface area (Å²) in [7, 11) is 0. The van der Waals surface area contributed by atoms with Gasteiger partial charge in [0.1, 0.15) is 6.54 Å². The van der Waals surface area contributed by atoms with Crippen molar-refractivity contribution in [3.63, 3.8) is 0 Å². The fourth-order valence-electron chi connectivity index (χ4n) is 3.21. The maximum absolute atomic E-state index is 12.7. The van der Waals surface area contributed by atoms with Gasteiger partial charge in [0, 0.05) is 11.5 Å². The molecule has 122 valence electrons. The highest BCUT2D eigenvalue weighted by Crippen LogP contribution is 2.40. The zero-order chi connectivity index (χ0) is 16.4. The van der Waals surface area contributed by atoms with E-state index in [0.29, 0.717) is 11.3 Å². The molecule has 0 saturated heterocycles. The first kappa shape index (κ1) is 18.0. The minimum Gasteiger partial charge on any atom is -0.480 e. The van der Waals surface area contributed by atoms with Crippen molar-refractivity contribution in [3.8, 4) is 0 Å². The lowest BCUT2D eigenvalue weighted by molar-refractivity contribution is -0.151. The lowest BCUT2D eigenvalue weighted by Crippen LogP contribution is -2.51. The van der Waals surface area contributed by atoms with E-state index in [1.807, 2.05) is 20.8 Å².